The molecule has 1 atom stereocenters. The molecule has 1 amide bonds. The van der Waals surface area contributed by atoms with Gasteiger partial charge in [0.25, 0.3) is 5.91 Å². The van der Waals surface area contributed by atoms with Crippen LogP contribution in [0.5, 0.6) is 11.5 Å². The number of carbonyl (C=O) groups excluding carboxylic acids is 1. The Kier molecular flexibility index (Phi) is 4.37. The molecule has 0 aliphatic carbocycles. The van der Waals surface area contributed by atoms with Crippen LogP contribution in [0.4, 0.5) is 0 Å². The number of amides is 1. The highest BCUT2D eigenvalue weighted by atomic mass is 16.6. The lowest BCUT2D eigenvalue weighted by Gasteiger charge is -2.26. The average molecular weight is 386 g/mol. The number of rotatable bonds is 4. The Bertz CT molecular complexity index is 1170. The lowest BCUT2D eigenvalue weighted by Crippen LogP contribution is -2.40. The third-order valence-electron chi connectivity index (χ3n) is 4.79. The van der Waals surface area contributed by atoms with Crippen molar-refractivity contribution in [3.8, 4) is 23.0 Å². The van der Waals surface area contributed by atoms with E-state index in [1.54, 1.807) is 18.4 Å². The van der Waals surface area contributed by atoms with Crippen LogP contribution in [-0.4, -0.2) is 30.1 Å². The molecule has 1 aliphatic rings. The lowest BCUT2D eigenvalue weighted by atomic mass is 10.1. The minimum atomic E-state index is -0.258. The normalized spacial score (nSPS) is 15.2. The van der Waals surface area contributed by atoms with Gasteiger partial charge in [0.1, 0.15) is 18.4 Å². The highest BCUT2D eigenvalue weighted by molar-refractivity contribution is 6.07. The molecule has 6 nitrogen and oxygen atoms in total. The second-order valence-electron chi connectivity index (χ2n) is 6.76. The number of nitrogens with one attached hydrogen (secondary N) is 1. The molecule has 0 saturated carbocycles. The number of para-hydroxylation sites is 3. The summed E-state index contributed by atoms with van der Waals surface area (Å²) < 4.78 is 17.1. The Hall–Kier alpha value is -3.80. The van der Waals surface area contributed by atoms with Crippen molar-refractivity contribution in [1.29, 1.82) is 0 Å². The summed E-state index contributed by atoms with van der Waals surface area (Å²) in [5.41, 5.74) is 1.89. The second kappa shape index (κ2) is 7.31. The van der Waals surface area contributed by atoms with Crippen LogP contribution in [-0.2, 0) is 0 Å². The van der Waals surface area contributed by atoms with E-state index in [4.69, 9.17) is 13.9 Å². The second-order valence-corrected chi connectivity index (χ2v) is 6.76. The number of pyridine rings is 1. The van der Waals surface area contributed by atoms with E-state index in [0.29, 0.717) is 35.9 Å². The van der Waals surface area contributed by atoms with Gasteiger partial charge in [0.2, 0.25) is 0 Å². The molecule has 0 saturated heterocycles. The molecule has 0 bridgehead atoms. The maximum atomic E-state index is 13.0. The summed E-state index contributed by atoms with van der Waals surface area (Å²) >= 11 is 0. The average Bonchev–Trinajstić information content (AvgIpc) is 3.31. The van der Waals surface area contributed by atoms with Gasteiger partial charge < -0.3 is 19.2 Å². The SMILES string of the molecule is O=C(NCC1COc2ccccc2O1)c1cc(-c2ccco2)nc2ccccc12. The number of furan rings is 1. The lowest BCUT2D eigenvalue weighted by molar-refractivity contribution is 0.0790. The van der Waals surface area contributed by atoms with E-state index >= 15 is 0 Å². The highest BCUT2D eigenvalue weighted by Gasteiger charge is 2.22. The Morgan fingerprint density at radius 3 is 2.72 bits per heavy atom. The van der Waals surface area contributed by atoms with Gasteiger partial charge in [-0.25, -0.2) is 4.98 Å². The molecule has 29 heavy (non-hydrogen) atoms. The molecule has 0 radical (unpaired) electrons. The zero-order valence-electron chi connectivity index (χ0n) is 15.5. The first kappa shape index (κ1) is 17.3. The van der Waals surface area contributed by atoms with Crippen molar-refractivity contribution in [2.45, 2.75) is 6.10 Å². The predicted octanol–water partition coefficient (Wildman–Crippen LogP) is 4.06. The summed E-state index contributed by atoms with van der Waals surface area (Å²) in [6, 6.07) is 20.4. The number of aromatic nitrogens is 1. The fourth-order valence-electron chi connectivity index (χ4n) is 3.38. The molecule has 5 rings (SSSR count). The smallest absolute Gasteiger partial charge is 0.252 e. The van der Waals surface area contributed by atoms with Crippen LogP contribution in [0, 0.1) is 0 Å². The third-order valence-corrected chi connectivity index (χ3v) is 4.79. The van der Waals surface area contributed by atoms with Crippen LogP contribution in [0.2, 0.25) is 0 Å². The molecule has 4 aromatic rings. The summed E-state index contributed by atoms with van der Waals surface area (Å²) in [5, 5.41) is 3.75. The van der Waals surface area contributed by atoms with Crippen molar-refractivity contribution in [1.82, 2.24) is 10.3 Å². The molecule has 3 heterocycles. The van der Waals surface area contributed by atoms with Crippen LogP contribution in [0.15, 0.2) is 77.4 Å². The number of nitrogens with zero attached hydrogens (tertiary/aromatic N) is 1. The first-order valence-corrected chi connectivity index (χ1v) is 9.38. The summed E-state index contributed by atoms with van der Waals surface area (Å²) in [5.74, 6) is 1.83. The zero-order valence-corrected chi connectivity index (χ0v) is 15.5. The van der Waals surface area contributed by atoms with Gasteiger partial charge in [0, 0.05) is 5.39 Å². The topological polar surface area (TPSA) is 73.6 Å². The van der Waals surface area contributed by atoms with Gasteiger partial charge in [0.05, 0.1) is 23.9 Å². The van der Waals surface area contributed by atoms with E-state index in [2.05, 4.69) is 10.3 Å². The zero-order chi connectivity index (χ0) is 19.6. The van der Waals surface area contributed by atoms with Gasteiger partial charge in [-0.1, -0.05) is 30.3 Å². The van der Waals surface area contributed by atoms with Gasteiger partial charge in [0.15, 0.2) is 17.3 Å². The van der Waals surface area contributed by atoms with Crippen molar-refractivity contribution >= 4 is 16.8 Å². The molecule has 1 N–H and O–H groups in total. The summed E-state index contributed by atoms with van der Waals surface area (Å²) in [6.45, 7) is 0.714. The number of hydrogen-bond acceptors (Lipinski definition) is 5. The van der Waals surface area contributed by atoms with E-state index in [1.807, 2.05) is 54.6 Å². The highest BCUT2D eigenvalue weighted by Crippen LogP contribution is 2.31. The minimum Gasteiger partial charge on any atom is -0.486 e. The van der Waals surface area contributed by atoms with Crippen LogP contribution in [0.25, 0.3) is 22.4 Å². The minimum absolute atomic E-state index is 0.195. The number of hydrogen-bond donors (Lipinski definition) is 1. The fourth-order valence-corrected chi connectivity index (χ4v) is 3.38. The predicted molar refractivity (Wildman–Crippen MR) is 108 cm³/mol. The Morgan fingerprint density at radius 1 is 1.03 bits per heavy atom. The quantitative estimate of drug-likeness (QED) is 0.572. The maximum Gasteiger partial charge on any atom is 0.252 e. The monoisotopic (exact) mass is 386 g/mol. The summed E-state index contributed by atoms with van der Waals surface area (Å²) in [4.78, 5) is 17.6. The Balaban J connectivity index is 1.38. The van der Waals surface area contributed by atoms with Gasteiger partial charge in [-0.15, -0.1) is 0 Å². The first-order chi connectivity index (χ1) is 14.3. The third kappa shape index (κ3) is 3.40. The van der Waals surface area contributed by atoms with Crippen LogP contribution in [0.3, 0.4) is 0 Å². The van der Waals surface area contributed by atoms with Crippen LogP contribution < -0.4 is 14.8 Å². The van der Waals surface area contributed by atoms with Crippen molar-refractivity contribution in [3.05, 3.63) is 78.6 Å². The molecule has 1 aliphatic heterocycles. The molecule has 0 spiro atoms. The van der Waals surface area contributed by atoms with E-state index < -0.39 is 0 Å². The van der Waals surface area contributed by atoms with E-state index in [-0.39, 0.29) is 12.0 Å². The first-order valence-electron chi connectivity index (χ1n) is 9.38. The van der Waals surface area contributed by atoms with Crippen molar-refractivity contribution in [2.75, 3.05) is 13.2 Å². The van der Waals surface area contributed by atoms with Crippen molar-refractivity contribution in [2.24, 2.45) is 0 Å². The molecule has 2 aromatic heterocycles. The fraction of sp³-hybridized carbons (Fsp3) is 0.130. The van der Waals surface area contributed by atoms with Gasteiger partial charge in [-0.3, -0.25) is 4.79 Å². The van der Waals surface area contributed by atoms with Crippen molar-refractivity contribution in [3.63, 3.8) is 0 Å². The van der Waals surface area contributed by atoms with E-state index in [1.165, 1.54) is 0 Å². The van der Waals surface area contributed by atoms with Crippen LogP contribution in [0.1, 0.15) is 10.4 Å². The molecule has 0 fully saturated rings. The van der Waals surface area contributed by atoms with E-state index in [9.17, 15) is 4.79 Å². The van der Waals surface area contributed by atoms with Crippen molar-refractivity contribution < 1.29 is 18.7 Å². The molecule has 144 valence electrons. The van der Waals surface area contributed by atoms with Gasteiger partial charge in [-0.2, -0.15) is 0 Å². The summed E-state index contributed by atoms with van der Waals surface area (Å²) in [7, 11) is 0. The molecule has 1 unspecified atom stereocenters. The maximum absolute atomic E-state index is 13.0. The Labute approximate surface area is 167 Å². The Morgan fingerprint density at radius 2 is 1.86 bits per heavy atom. The number of ether oxygens (including phenoxy) is 2. The van der Waals surface area contributed by atoms with Gasteiger partial charge >= 0.3 is 0 Å². The van der Waals surface area contributed by atoms with Gasteiger partial charge in [-0.05, 0) is 36.4 Å². The van der Waals surface area contributed by atoms with E-state index in [0.717, 1.165) is 16.7 Å². The molecular formula is C23H18N2O4. The summed E-state index contributed by atoms with van der Waals surface area (Å²) in [6.07, 6.45) is 1.33. The van der Waals surface area contributed by atoms with Crippen LogP contribution >= 0.6 is 0 Å². The molecule has 6 heteroatoms. The molecular weight excluding hydrogens is 368 g/mol. The number of carbonyl (C=O) groups is 1. The number of benzene rings is 2. The molecule has 2 aromatic carbocycles. The largest absolute Gasteiger partial charge is 0.486 e. The number of fused-ring (bicyclic) bond motifs is 2. The standard InChI is InChI=1S/C23H18N2O4/c26-23(24-13-15-14-28-21-8-3-4-9-22(21)29-15)17-12-19(20-10-5-11-27-20)25-18-7-2-1-6-16(17)18/h1-12,15H,13-14H2,(H,24,26).